The molecule has 1 saturated carbocycles. The molecule has 1 aliphatic carbocycles. The molecular formula is C14H17ClN4S. The number of nitrogens with zero attached hydrogens (tertiary/aromatic N) is 2. The van der Waals surface area contributed by atoms with E-state index in [1.165, 1.54) is 6.42 Å². The fourth-order valence-electron chi connectivity index (χ4n) is 2.21. The molecule has 20 heavy (non-hydrogen) atoms. The van der Waals surface area contributed by atoms with Gasteiger partial charge in [-0.2, -0.15) is 0 Å². The molecule has 0 bridgehead atoms. The van der Waals surface area contributed by atoms with Gasteiger partial charge in [0, 0.05) is 23.3 Å². The van der Waals surface area contributed by atoms with Crippen LogP contribution in [0.3, 0.4) is 0 Å². The standard InChI is InChI=1S/C14H17ClN4S/c1-9-7-12(9)18-13-16-5-6-19(13)14(20)17-11-4-2-3-10(15)8-11/h2-4,8-9,12H,5-7H2,1H3,(H,16,18)(H,17,20). The van der Waals surface area contributed by atoms with Crippen molar-refractivity contribution in [2.75, 3.05) is 18.4 Å². The molecule has 0 amide bonds. The molecule has 1 fully saturated rings. The SMILES string of the molecule is CC1CC1NC1=NCCN1C(=S)Nc1cccc(Cl)c1. The highest BCUT2D eigenvalue weighted by atomic mass is 35.5. The lowest BCUT2D eigenvalue weighted by atomic mass is 10.3. The van der Waals surface area contributed by atoms with Crippen LogP contribution in [0.2, 0.25) is 5.02 Å². The summed E-state index contributed by atoms with van der Waals surface area (Å²) >= 11 is 11.4. The number of hydrogen-bond donors (Lipinski definition) is 2. The molecule has 1 aliphatic heterocycles. The average molecular weight is 309 g/mol. The molecule has 0 spiro atoms. The van der Waals surface area contributed by atoms with Crippen molar-refractivity contribution >= 4 is 40.6 Å². The molecule has 0 radical (unpaired) electrons. The highest BCUT2D eigenvalue weighted by Gasteiger charge is 2.35. The molecule has 4 nitrogen and oxygen atoms in total. The summed E-state index contributed by atoms with van der Waals surface area (Å²) in [5, 5.41) is 8.01. The van der Waals surface area contributed by atoms with E-state index in [1.807, 2.05) is 29.2 Å². The molecule has 1 heterocycles. The Morgan fingerprint density at radius 1 is 1.50 bits per heavy atom. The van der Waals surface area contributed by atoms with Gasteiger partial charge in [-0.3, -0.25) is 9.89 Å². The van der Waals surface area contributed by atoms with E-state index >= 15 is 0 Å². The van der Waals surface area contributed by atoms with Crippen molar-refractivity contribution in [3.8, 4) is 0 Å². The summed E-state index contributed by atoms with van der Waals surface area (Å²) in [5.74, 6) is 1.62. The second-order valence-corrected chi connectivity index (χ2v) is 6.08. The Morgan fingerprint density at radius 3 is 3.00 bits per heavy atom. The maximum absolute atomic E-state index is 5.98. The molecule has 0 aromatic heterocycles. The first kappa shape index (κ1) is 13.6. The first-order valence-electron chi connectivity index (χ1n) is 6.78. The first-order valence-corrected chi connectivity index (χ1v) is 7.57. The average Bonchev–Trinajstić information content (AvgIpc) is 2.89. The van der Waals surface area contributed by atoms with Crippen molar-refractivity contribution in [3.63, 3.8) is 0 Å². The third kappa shape index (κ3) is 3.04. The number of rotatable bonds is 2. The Bertz CT molecular complexity index is 560. The topological polar surface area (TPSA) is 39.7 Å². The normalized spacial score (nSPS) is 24.3. The zero-order valence-corrected chi connectivity index (χ0v) is 12.8. The number of hydrogen-bond acceptors (Lipinski definition) is 3. The van der Waals surface area contributed by atoms with Gasteiger partial charge in [-0.15, -0.1) is 0 Å². The number of aliphatic imine (C=N–C) groups is 1. The van der Waals surface area contributed by atoms with Gasteiger partial charge in [0.05, 0.1) is 6.54 Å². The molecule has 1 aromatic carbocycles. The monoisotopic (exact) mass is 308 g/mol. The van der Waals surface area contributed by atoms with Gasteiger partial charge in [0.25, 0.3) is 0 Å². The summed E-state index contributed by atoms with van der Waals surface area (Å²) in [5.41, 5.74) is 0.897. The predicted molar refractivity (Wildman–Crippen MR) is 87.4 cm³/mol. The van der Waals surface area contributed by atoms with Crippen molar-refractivity contribution in [1.82, 2.24) is 10.2 Å². The molecule has 2 unspecified atom stereocenters. The van der Waals surface area contributed by atoms with Gasteiger partial charge in [0.15, 0.2) is 5.11 Å². The van der Waals surface area contributed by atoms with Crippen molar-refractivity contribution in [3.05, 3.63) is 29.3 Å². The van der Waals surface area contributed by atoms with Gasteiger partial charge in [0.1, 0.15) is 0 Å². The fourth-order valence-corrected chi connectivity index (χ4v) is 2.70. The molecular weight excluding hydrogens is 292 g/mol. The van der Waals surface area contributed by atoms with Gasteiger partial charge in [0.2, 0.25) is 5.96 Å². The summed E-state index contributed by atoms with van der Waals surface area (Å²) in [6.45, 7) is 3.83. The second-order valence-electron chi connectivity index (χ2n) is 5.26. The van der Waals surface area contributed by atoms with Gasteiger partial charge in [-0.1, -0.05) is 24.6 Å². The summed E-state index contributed by atoms with van der Waals surface area (Å²) in [4.78, 5) is 6.51. The quantitative estimate of drug-likeness (QED) is 0.824. The molecule has 3 rings (SSSR count). The smallest absolute Gasteiger partial charge is 0.200 e. The summed E-state index contributed by atoms with van der Waals surface area (Å²) < 4.78 is 0. The van der Waals surface area contributed by atoms with E-state index in [4.69, 9.17) is 23.8 Å². The highest BCUT2D eigenvalue weighted by molar-refractivity contribution is 7.80. The van der Waals surface area contributed by atoms with Gasteiger partial charge in [-0.25, -0.2) is 0 Å². The maximum Gasteiger partial charge on any atom is 0.200 e. The molecule has 6 heteroatoms. The Kier molecular flexibility index (Phi) is 3.81. The molecule has 0 saturated heterocycles. The number of benzene rings is 1. The summed E-state index contributed by atoms with van der Waals surface area (Å²) in [6.07, 6.45) is 1.21. The third-order valence-electron chi connectivity index (χ3n) is 3.59. The van der Waals surface area contributed by atoms with Crippen LogP contribution in [0.1, 0.15) is 13.3 Å². The van der Waals surface area contributed by atoms with E-state index in [2.05, 4.69) is 22.5 Å². The number of thiocarbonyl (C=S) groups is 1. The summed E-state index contributed by atoms with van der Waals surface area (Å²) in [6, 6.07) is 8.09. The molecule has 2 N–H and O–H groups in total. The van der Waals surface area contributed by atoms with E-state index in [0.29, 0.717) is 16.2 Å². The van der Waals surface area contributed by atoms with E-state index in [0.717, 1.165) is 30.7 Å². The minimum absolute atomic E-state index is 0.545. The van der Waals surface area contributed by atoms with Crippen molar-refractivity contribution in [1.29, 1.82) is 0 Å². The molecule has 2 atom stereocenters. The van der Waals surface area contributed by atoms with E-state index in [-0.39, 0.29) is 0 Å². The van der Waals surface area contributed by atoms with Crippen LogP contribution in [0.15, 0.2) is 29.3 Å². The lowest BCUT2D eigenvalue weighted by Crippen LogP contribution is -2.45. The van der Waals surface area contributed by atoms with Crippen LogP contribution >= 0.6 is 23.8 Å². The van der Waals surface area contributed by atoms with Crippen molar-refractivity contribution in [2.24, 2.45) is 10.9 Å². The number of anilines is 1. The van der Waals surface area contributed by atoms with Crippen LogP contribution in [0.4, 0.5) is 5.69 Å². The molecule has 2 aliphatic rings. The number of halogens is 1. The van der Waals surface area contributed by atoms with Gasteiger partial charge < -0.3 is 10.6 Å². The van der Waals surface area contributed by atoms with Crippen LogP contribution in [0, 0.1) is 5.92 Å². The Morgan fingerprint density at radius 2 is 2.30 bits per heavy atom. The lowest BCUT2D eigenvalue weighted by Gasteiger charge is -2.22. The number of guanidine groups is 1. The van der Waals surface area contributed by atoms with Crippen LogP contribution in [0.5, 0.6) is 0 Å². The Balaban J connectivity index is 1.63. The van der Waals surface area contributed by atoms with E-state index in [1.54, 1.807) is 0 Å². The minimum atomic E-state index is 0.545. The molecule has 106 valence electrons. The summed E-state index contributed by atoms with van der Waals surface area (Å²) in [7, 11) is 0. The van der Waals surface area contributed by atoms with E-state index < -0.39 is 0 Å². The zero-order valence-electron chi connectivity index (χ0n) is 11.3. The number of nitrogens with one attached hydrogen (secondary N) is 2. The third-order valence-corrected chi connectivity index (χ3v) is 4.14. The van der Waals surface area contributed by atoms with Gasteiger partial charge in [-0.05, 0) is 42.8 Å². The Labute approximate surface area is 129 Å². The van der Waals surface area contributed by atoms with Crippen molar-refractivity contribution in [2.45, 2.75) is 19.4 Å². The Hall–Kier alpha value is -1.33. The van der Waals surface area contributed by atoms with E-state index in [9.17, 15) is 0 Å². The van der Waals surface area contributed by atoms with Crippen LogP contribution in [-0.4, -0.2) is 35.1 Å². The highest BCUT2D eigenvalue weighted by Crippen LogP contribution is 2.29. The second kappa shape index (κ2) is 5.58. The minimum Gasteiger partial charge on any atom is -0.353 e. The fraction of sp³-hybridized carbons (Fsp3) is 0.429. The van der Waals surface area contributed by atoms with Crippen molar-refractivity contribution < 1.29 is 0 Å². The first-order chi connectivity index (χ1) is 9.63. The lowest BCUT2D eigenvalue weighted by molar-refractivity contribution is 0.636. The van der Waals surface area contributed by atoms with Gasteiger partial charge >= 0.3 is 0 Å². The predicted octanol–water partition coefficient (Wildman–Crippen LogP) is 2.71. The van der Waals surface area contributed by atoms with Crippen LogP contribution in [-0.2, 0) is 0 Å². The zero-order chi connectivity index (χ0) is 14.1. The van der Waals surface area contributed by atoms with Crippen LogP contribution < -0.4 is 10.6 Å². The maximum atomic E-state index is 5.98. The largest absolute Gasteiger partial charge is 0.353 e. The van der Waals surface area contributed by atoms with Crippen LogP contribution in [0.25, 0.3) is 0 Å². The molecule has 1 aromatic rings.